The molecule has 1 saturated heterocycles. The number of nitrogens with two attached hydrogens (primary N) is 1. The third-order valence-electron chi connectivity index (χ3n) is 6.54. The van der Waals surface area contributed by atoms with Gasteiger partial charge in [0.15, 0.2) is 0 Å². The zero-order valence-electron chi connectivity index (χ0n) is 21.3. The molecular formula is C26H25ClF3N7O4. The van der Waals surface area contributed by atoms with Crippen molar-refractivity contribution in [2.24, 2.45) is 10.7 Å². The maximum atomic E-state index is 13.0. The Bertz CT molecular complexity index is 1500. The highest BCUT2D eigenvalue weighted by Gasteiger charge is 2.32. The molecule has 0 radical (unpaired) electrons. The van der Waals surface area contributed by atoms with Crippen LogP contribution in [-0.2, 0) is 10.9 Å². The van der Waals surface area contributed by atoms with E-state index in [4.69, 9.17) is 22.1 Å². The summed E-state index contributed by atoms with van der Waals surface area (Å²) < 4.78 is 46.4. The Morgan fingerprint density at radius 2 is 1.93 bits per heavy atom. The number of aromatic carboxylic acids is 1. The number of halogens is 4. The number of rotatable bonds is 6. The lowest BCUT2D eigenvalue weighted by molar-refractivity contribution is -0.137. The molecule has 1 unspecified atom stereocenters. The molecule has 0 saturated carbocycles. The number of hydrogen-bond acceptors (Lipinski definition) is 7. The standard InChI is InChI=1S/C26H25ClF3N7O4/c27-19-6-3-15(26(28,29)30)9-20(19)35-25(40)34-16-4-1-14(2-5-16)18-10-21(24(38)39)37-22(18)23(31)33-13-36(37)12-17-11-32-7-8-41-17/h1-6,9-10,17,32H,7-8,11-13H2,(H2,31,33)(H,38,39)(H2,34,35,40). The number of amidine groups is 1. The molecule has 2 amide bonds. The third kappa shape index (κ3) is 6.09. The number of carboxylic acid groups (broad SMARTS) is 1. The summed E-state index contributed by atoms with van der Waals surface area (Å²) in [6.45, 7) is 2.45. The SMILES string of the molecule is NC1=NCN(CC2CNCCO2)n2c(C(=O)O)cc(-c3ccc(NC(=O)Nc4cc(C(F)(F)F)ccc4Cl)cc3)c21. The van der Waals surface area contributed by atoms with Gasteiger partial charge in [0.2, 0.25) is 0 Å². The third-order valence-corrected chi connectivity index (χ3v) is 6.87. The second-order valence-corrected chi connectivity index (χ2v) is 9.74. The lowest BCUT2D eigenvalue weighted by Gasteiger charge is -2.35. The van der Waals surface area contributed by atoms with Crippen molar-refractivity contribution < 1.29 is 32.6 Å². The van der Waals surface area contributed by atoms with Crippen LogP contribution in [0.15, 0.2) is 53.5 Å². The van der Waals surface area contributed by atoms with Gasteiger partial charge in [-0.3, -0.25) is 5.01 Å². The van der Waals surface area contributed by atoms with Gasteiger partial charge in [0, 0.05) is 24.3 Å². The molecule has 0 spiro atoms. The van der Waals surface area contributed by atoms with Crippen LogP contribution in [0.5, 0.6) is 0 Å². The van der Waals surface area contributed by atoms with E-state index in [-0.39, 0.29) is 35.0 Å². The van der Waals surface area contributed by atoms with E-state index in [0.717, 1.165) is 24.7 Å². The largest absolute Gasteiger partial charge is 0.477 e. The van der Waals surface area contributed by atoms with Crippen molar-refractivity contribution in [3.8, 4) is 11.1 Å². The van der Waals surface area contributed by atoms with Gasteiger partial charge in [-0.1, -0.05) is 23.7 Å². The zero-order chi connectivity index (χ0) is 29.3. The smallest absolute Gasteiger partial charge is 0.416 e. The summed E-state index contributed by atoms with van der Waals surface area (Å²) in [6, 6.07) is 9.72. The number of carboxylic acids is 1. The second kappa shape index (κ2) is 11.3. The van der Waals surface area contributed by atoms with E-state index in [1.165, 1.54) is 10.7 Å². The number of alkyl halides is 3. The molecule has 2 aliphatic heterocycles. The van der Waals surface area contributed by atoms with Crippen LogP contribution in [0.2, 0.25) is 5.02 Å². The van der Waals surface area contributed by atoms with Crippen molar-refractivity contribution in [2.45, 2.75) is 12.3 Å². The monoisotopic (exact) mass is 591 g/mol. The minimum absolute atomic E-state index is 0.00355. The minimum atomic E-state index is -4.60. The van der Waals surface area contributed by atoms with Gasteiger partial charge in [0.05, 0.1) is 35.5 Å². The molecule has 3 aromatic rings. The molecule has 216 valence electrons. The van der Waals surface area contributed by atoms with E-state index in [1.807, 2.05) is 0 Å². The molecule has 1 fully saturated rings. The Hall–Kier alpha value is -4.27. The molecule has 11 nitrogen and oxygen atoms in total. The number of morpholine rings is 1. The average molecular weight is 592 g/mol. The predicted molar refractivity (Wildman–Crippen MR) is 147 cm³/mol. The van der Waals surface area contributed by atoms with Crippen LogP contribution >= 0.6 is 11.6 Å². The molecule has 0 bridgehead atoms. The van der Waals surface area contributed by atoms with E-state index >= 15 is 0 Å². The molecule has 6 N–H and O–H groups in total. The quantitative estimate of drug-likeness (QED) is 0.293. The fourth-order valence-electron chi connectivity index (χ4n) is 4.64. The summed E-state index contributed by atoms with van der Waals surface area (Å²) in [5, 5.41) is 19.8. The first kappa shape index (κ1) is 28.3. The lowest BCUT2D eigenvalue weighted by atomic mass is 10.0. The number of urea groups is 1. The van der Waals surface area contributed by atoms with Crippen molar-refractivity contribution in [3.63, 3.8) is 0 Å². The summed E-state index contributed by atoms with van der Waals surface area (Å²) in [4.78, 5) is 29.1. The van der Waals surface area contributed by atoms with Gasteiger partial charge < -0.3 is 31.5 Å². The molecule has 3 heterocycles. The molecule has 1 aromatic heterocycles. The highest BCUT2D eigenvalue weighted by molar-refractivity contribution is 6.33. The fraction of sp³-hybridized carbons (Fsp3) is 0.269. The minimum Gasteiger partial charge on any atom is -0.477 e. The second-order valence-electron chi connectivity index (χ2n) is 9.33. The zero-order valence-corrected chi connectivity index (χ0v) is 22.1. The van der Waals surface area contributed by atoms with Crippen LogP contribution in [0.1, 0.15) is 21.7 Å². The molecule has 0 aliphatic carbocycles. The Kier molecular flexibility index (Phi) is 7.80. The number of fused-ring (bicyclic) bond motifs is 1. The van der Waals surface area contributed by atoms with Crippen molar-refractivity contribution in [3.05, 3.63) is 70.5 Å². The average Bonchev–Trinajstić information content (AvgIpc) is 3.34. The molecule has 5 rings (SSSR count). The van der Waals surface area contributed by atoms with Crippen LogP contribution in [0.3, 0.4) is 0 Å². The molecule has 2 aromatic carbocycles. The van der Waals surface area contributed by atoms with Crippen LogP contribution in [0.4, 0.5) is 29.3 Å². The molecule has 1 atom stereocenters. The van der Waals surface area contributed by atoms with E-state index in [9.17, 15) is 27.9 Å². The summed E-state index contributed by atoms with van der Waals surface area (Å²) in [7, 11) is 0. The number of aliphatic imine (C=N–C) groups is 1. The highest BCUT2D eigenvalue weighted by atomic mass is 35.5. The summed E-state index contributed by atoms with van der Waals surface area (Å²) in [5.41, 5.74) is 6.92. The van der Waals surface area contributed by atoms with E-state index < -0.39 is 23.7 Å². The molecule has 15 heteroatoms. The number of ether oxygens (including phenoxy) is 1. The number of benzene rings is 2. The first-order valence-corrected chi connectivity index (χ1v) is 12.8. The summed E-state index contributed by atoms with van der Waals surface area (Å²) >= 11 is 5.95. The number of nitrogens with zero attached hydrogens (tertiary/aromatic N) is 3. The summed E-state index contributed by atoms with van der Waals surface area (Å²) in [5.74, 6) is -0.978. The fourth-order valence-corrected chi connectivity index (χ4v) is 4.80. The number of carbonyl (C=O) groups is 2. The number of aromatic nitrogens is 1. The van der Waals surface area contributed by atoms with Crippen LogP contribution in [-0.4, -0.2) is 66.6 Å². The number of nitrogens with one attached hydrogen (secondary N) is 3. The van der Waals surface area contributed by atoms with Gasteiger partial charge >= 0.3 is 18.2 Å². The lowest BCUT2D eigenvalue weighted by Crippen LogP contribution is -2.52. The van der Waals surface area contributed by atoms with Crippen molar-refractivity contribution in [1.29, 1.82) is 0 Å². The van der Waals surface area contributed by atoms with Crippen LogP contribution in [0.25, 0.3) is 11.1 Å². The van der Waals surface area contributed by atoms with Crippen molar-refractivity contribution in [1.82, 2.24) is 9.99 Å². The van der Waals surface area contributed by atoms with Crippen molar-refractivity contribution in [2.75, 3.05) is 48.6 Å². The van der Waals surface area contributed by atoms with E-state index in [1.54, 1.807) is 29.3 Å². The predicted octanol–water partition coefficient (Wildman–Crippen LogP) is 3.77. The Morgan fingerprint density at radius 1 is 1.17 bits per heavy atom. The van der Waals surface area contributed by atoms with Gasteiger partial charge in [0.1, 0.15) is 23.9 Å². The molecule has 41 heavy (non-hydrogen) atoms. The first-order chi connectivity index (χ1) is 19.5. The normalized spacial score (nSPS) is 17.0. The first-order valence-electron chi connectivity index (χ1n) is 12.4. The van der Waals surface area contributed by atoms with Crippen molar-refractivity contribution >= 4 is 40.8 Å². The summed E-state index contributed by atoms with van der Waals surface area (Å²) in [6.07, 6.45) is -4.76. The van der Waals surface area contributed by atoms with Gasteiger partial charge in [-0.05, 0) is 42.0 Å². The van der Waals surface area contributed by atoms with Gasteiger partial charge in [-0.2, -0.15) is 13.2 Å². The maximum Gasteiger partial charge on any atom is 0.416 e. The highest BCUT2D eigenvalue weighted by Crippen LogP contribution is 2.34. The molecule has 2 aliphatic rings. The van der Waals surface area contributed by atoms with Gasteiger partial charge in [-0.15, -0.1) is 0 Å². The Morgan fingerprint density at radius 3 is 2.59 bits per heavy atom. The number of anilines is 2. The Balaban J connectivity index is 1.36. The van der Waals surface area contributed by atoms with Crippen LogP contribution < -0.4 is 26.7 Å². The van der Waals surface area contributed by atoms with E-state index in [0.29, 0.717) is 42.2 Å². The van der Waals surface area contributed by atoms with Crippen LogP contribution in [0, 0.1) is 0 Å². The number of carbonyl (C=O) groups excluding carboxylic acids is 1. The molecular weight excluding hydrogens is 567 g/mol. The number of amides is 2. The maximum absolute atomic E-state index is 13.0. The topological polar surface area (TPSA) is 146 Å². The number of hydrogen-bond donors (Lipinski definition) is 5. The van der Waals surface area contributed by atoms with E-state index in [2.05, 4.69) is 20.9 Å². The van der Waals surface area contributed by atoms with Gasteiger partial charge in [0.25, 0.3) is 0 Å². The van der Waals surface area contributed by atoms with Gasteiger partial charge in [-0.25, -0.2) is 19.3 Å². The Labute approximate surface area is 236 Å².